The van der Waals surface area contributed by atoms with Gasteiger partial charge in [0.25, 0.3) is 0 Å². The highest BCUT2D eigenvalue weighted by Gasteiger charge is 2.11. The van der Waals surface area contributed by atoms with E-state index in [2.05, 4.69) is 10.6 Å². The summed E-state index contributed by atoms with van der Waals surface area (Å²) < 4.78 is 4.77. The van der Waals surface area contributed by atoms with Gasteiger partial charge in [-0.05, 0) is 18.6 Å². The van der Waals surface area contributed by atoms with Gasteiger partial charge in [0.15, 0.2) is 0 Å². The molecule has 1 rings (SSSR count). The largest absolute Gasteiger partial charge is 0.480 e. The van der Waals surface area contributed by atoms with E-state index in [1.807, 2.05) is 0 Å². The molecule has 0 fully saturated rings. The van der Waals surface area contributed by atoms with Gasteiger partial charge in [-0.15, -0.1) is 0 Å². The lowest BCUT2D eigenvalue weighted by Gasteiger charge is -2.12. The van der Waals surface area contributed by atoms with Crippen LogP contribution in [0.25, 0.3) is 0 Å². The molecule has 0 radical (unpaired) electrons. The van der Waals surface area contributed by atoms with E-state index >= 15 is 0 Å². The molecule has 0 saturated carbocycles. The van der Waals surface area contributed by atoms with Crippen LogP contribution in [-0.2, 0) is 9.53 Å². The number of hydrogen-bond donors (Lipinski definition) is 3. The molecular weight excluding hydrogens is 307 g/mol. The van der Waals surface area contributed by atoms with Crippen molar-refractivity contribution in [1.29, 1.82) is 0 Å². The lowest BCUT2D eigenvalue weighted by atomic mass is 10.2. The molecule has 3 N–H and O–H groups in total. The van der Waals surface area contributed by atoms with Crippen LogP contribution in [0.5, 0.6) is 0 Å². The molecule has 0 aliphatic carbocycles. The molecule has 1 aromatic carbocycles. The van der Waals surface area contributed by atoms with Crippen molar-refractivity contribution in [2.45, 2.75) is 6.92 Å². The third-order valence-corrected chi connectivity index (χ3v) is 3.08. The van der Waals surface area contributed by atoms with Crippen molar-refractivity contribution in [3.05, 3.63) is 27.7 Å². The highest BCUT2D eigenvalue weighted by molar-refractivity contribution is 6.40. The number of rotatable bonds is 6. The standard InChI is InChI=1S/C12H14Cl2N2O4/c1-7-2-3-8(13)11(10(7)14)16-12(19)15-4-5-20-6-9(17)18/h2-3H,4-6H2,1H3,(H,17,18)(H2,15,16,19). The molecular formula is C12H14Cl2N2O4. The number of carbonyl (C=O) groups is 2. The van der Waals surface area contributed by atoms with Crippen LogP contribution in [0.2, 0.25) is 10.0 Å². The molecule has 0 spiro atoms. The number of aliphatic carboxylic acids is 1. The summed E-state index contributed by atoms with van der Waals surface area (Å²) in [6.07, 6.45) is 0. The van der Waals surface area contributed by atoms with E-state index in [1.54, 1.807) is 19.1 Å². The zero-order chi connectivity index (χ0) is 15.1. The molecule has 0 aromatic heterocycles. The SMILES string of the molecule is Cc1ccc(Cl)c(NC(=O)NCCOCC(=O)O)c1Cl. The molecule has 0 saturated heterocycles. The number of hydrogen-bond acceptors (Lipinski definition) is 3. The smallest absolute Gasteiger partial charge is 0.329 e. The maximum absolute atomic E-state index is 11.6. The number of halogens is 2. The second-order valence-corrected chi connectivity index (χ2v) is 4.67. The van der Waals surface area contributed by atoms with Crippen molar-refractivity contribution < 1.29 is 19.4 Å². The number of carboxylic acid groups (broad SMARTS) is 1. The summed E-state index contributed by atoms with van der Waals surface area (Å²) in [6.45, 7) is 1.65. The Morgan fingerprint density at radius 2 is 2.05 bits per heavy atom. The van der Waals surface area contributed by atoms with Crippen LogP contribution >= 0.6 is 23.2 Å². The zero-order valence-corrected chi connectivity index (χ0v) is 12.2. The maximum atomic E-state index is 11.6. The topological polar surface area (TPSA) is 87.7 Å². The zero-order valence-electron chi connectivity index (χ0n) is 10.7. The van der Waals surface area contributed by atoms with E-state index in [4.69, 9.17) is 33.0 Å². The summed E-state index contributed by atoms with van der Waals surface area (Å²) in [6, 6.07) is 2.88. The third-order valence-electron chi connectivity index (χ3n) is 2.28. The average Bonchev–Trinajstić information content (AvgIpc) is 2.38. The van der Waals surface area contributed by atoms with Crippen LogP contribution < -0.4 is 10.6 Å². The van der Waals surface area contributed by atoms with Crippen molar-refractivity contribution >= 4 is 40.9 Å². The average molecular weight is 321 g/mol. The quantitative estimate of drug-likeness (QED) is 0.703. The predicted molar refractivity (Wildman–Crippen MR) is 76.7 cm³/mol. The number of carboxylic acids is 1. The van der Waals surface area contributed by atoms with Gasteiger partial charge in [0.1, 0.15) is 6.61 Å². The van der Waals surface area contributed by atoms with Crippen LogP contribution in [0.3, 0.4) is 0 Å². The lowest BCUT2D eigenvalue weighted by molar-refractivity contribution is -0.142. The molecule has 0 aliphatic heterocycles. The maximum Gasteiger partial charge on any atom is 0.329 e. The first-order valence-electron chi connectivity index (χ1n) is 5.70. The van der Waals surface area contributed by atoms with Crippen molar-refractivity contribution in [2.75, 3.05) is 25.1 Å². The fourth-order valence-electron chi connectivity index (χ4n) is 1.33. The van der Waals surface area contributed by atoms with Crippen molar-refractivity contribution in [1.82, 2.24) is 5.32 Å². The molecule has 1 aromatic rings. The van der Waals surface area contributed by atoms with Crippen molar-refractivity contribution in [2.24, 2.45) is 0 Å². The van der Waals surface area contributed by atoms with E-state index in [1.165, 1.54) is 0 Å². The third kappa shape index (κ3) is 5.24. The van der Waals surface area contributed by atoms with E-state index in [0.29, 0.717) is 15.7 Å². The number of ether oxygens (including phenoxy) is 1. The fourth-order valence-corrected chi connectivity index (χ4v) is 1.79. The molecule has 0 atom stereocenters. The first-order valence-corrected chi connectivity index (χ1v) is 6.46. The molecule has 110 valence electrons. The van der Waals surface area contributed by atoms with Crippen LogP contribution in [0.15, 0.2) is 12.1 Å². The Morgan fingerprint density at radius 1 is 1.35 bits per heavy atom. The molecule has 0 unspecified atom stereocenters. The van der Waals surface area contributed by atoms with Gasteiger partial charge in [0.2, 0.25) is 0 Å². The van der Waals surface area contributed by atoms with E-state index in [0.717, 1.165) is 5.56 Å². The first-order chi connectivity index (χ1) is 9.41. The minimum atomic E-state index is -1.06. The number of nitrogens with one attached hydrogen (secondary N) is 2. The molecule has 6 nitrogen and oxygen atoms in total. The molecule has 0 heterocycles. The number of benzene rings is 1. The summed E-state index contributed by atoms with van der Waals surface area (Å²) in [4.78, 5) is 21.8. The van der Waals surface area contributed by atoms with Crippen molar-refractivity contribution in [3.8, 4) is 0 Å². The lowest BCUT2D eigenvalue weighted by Crippen LogP contribution is -2.32. The van der Waals surface area contributed by atoms with Crippen LogP contribution in [-0.4, -0.2) is 36.9 Å². The van der Waals surface area contributed by atoms with Crippen molar-refractivity contribution in [3.63, 3.8) is 0 Å². The van der Waals surface area contributed by atoms with Gasteiger partial charge in [-0.25, -0.2) is 9.59 Å². The van der Waals surface area contributed by atoms with E-state index in [-0.39, 0.29) is 13.2 Å². The van der Waals surface area contributed by atoms with Gasteiger partial charge in [0.05, 0.1) is 22.3 Å². The monoisotopic (exact) mass is 320 g/mol. The van der Waals surface area contributed by atoms with Crippen LogP contribution in [0.1, 0.15) is 5.56 Å². The normalized spacial score (nSPS) is 10.2. The summed E-state index contributed by atoms with van der Waals surface area (Å²) in [5.74, 6) is -1.06. The Kier molecular flexibility index (Phi) is 6.57. The molecule has 0 aliphatic rings. The van der Waals surface area contributed by atoms with Gasteiger partial charge < -0.3 is 20.5 Å². The molecule has 2 amide bonds. The summed E-state index contributed by atoms with van der Waals surface area (Å²) >= 11 is 12.0. The summed E-state index contributed by atoms with van der Waals surface area (Å²) in [5, 5.41) is 14.1. The van der Waals surface area contributed by atoms with Gasteiger partial charge in [0, 0.05) is 6.54 Å². The first kappa shape index (κ1) is 16.6. The number of anilines is 1. The highest BCUT2D eigenvalue weighted by atomic mass is 35.5. The Bertz CT molecular complexity index is 508. The minimum absolute atomic E-state index is 0.0923. The Labute approximate surface area is 126 Å². The summed E-state index contributed by atoms with van der Waals surface area (Å²) in [5.41, 5.74) is 1.12. The Balaban J connectivity index is 2.43. The molecule has 8 heteroatoms. The van der Waals surface area contributed by atoms with E-state index in [9.17, 15) is 9.59 Å². The predicted octanol–water partition coefficient (Wildman–Crippen LogP) is 2.52. The summed E-state index contributed by atoms with van der Waals surface area (Å²) in [7, 11) is 0. The van der Waals surface area contributed by atoms with Crippen LogP contribution in [0, 0.1) is 6.92 Å². The van der Waals surface area contributed by atoms with Gasteiger partial charge >= 0.3 is 12.0 Å². The van der Waals surface area contributed by atoms with Gasteiger partial charge in [-0.1, -0.05) is 29.3 Å². The molecule has 0 bridgehead atoms. The second-order valence-electron chi connectivity index (χ2n) is 3.88. The number of aryl methyl sites for hydroxylation is 1. The fraction of sp³-hybridized carbons (Fsp3) is 0.333. The Morgan fingerprint density at radius 3 is 2.70 bits per heavy atom. The minimum Gasteiger partial charge on any atom is -0.480 e. The van der Waals surface area contributed by atoms with Gasteiger partial charge in [-0.2, -0.15) is 0 Å². The second kappa shape index (κ2) is 7.94. The number of urea groups is 1. The Hall–Kier alpha value is -1.50. The van der Waals surface area contributed by atoms with E-state index < -0.39 is 18.6 Å². The number of carbonyl (C=O) groups excluding carboxylic acids is 1. The highest BCUT2D eigenvalue weighted by Crippen LogP contribution is 2.32. The van der Waals surface area contributed by atoms with Gasteiger partial charge in [-0.3, -0.25) is 0 Å². The number of amides is 2. The molecule has 20 heavy (non-hydrogen) atoms. The van der Waals surface area contributed by atoms with Crippen LogP contribution in [0.4, 0.5) is 10.5 Å².